The van der Waals surface area contributed by atoms with E-state index < -0.39 is 0 Å². The molecule has 1 amide bonds. The van der Waals surface area contributed by atoms with Gasteiger partial charge in [-0.2, -0.15) is 5.26 Å². The maximum absolute atomic E-state index is 11.1. The molecule has 0 spiro atoms. The van der Waals surface area contributed by atoms with Crippen LogP contribution in [-0.4, -0.2) is 35.7 Å². The molecule has 0 saturated carbocycles. The molecule has 0 atom stereocenters. The summed E-state index contributed by atoms with van der Waals surface area (Å²) >= 11 is 1.32. The van der Waals surface area contributed by atoms with E-state index in [0.29, 0.717) is 18.1 Å². The van der Waals surface area contributed by atoms with Gasteiger partial charge in [-0.25, -0.2) is 0 Å². The smallest absolute Gasteiger partial charge is 0.230 e. The maximum atomic E-state index is 11.1. The fourth-order valence-corrected chi connectivity index (χ4v) is 1.36. The molecule has 2 N–H and O–H groups in total. The Hall–Kier alpha value is -0.730. The quantitative estimate of drug-likeness (QED) is 0.580. The average molecular weight is 216 g/mol. The number of thioether (sulfide) groups is 1. The van der Waals surface area contributed by atoms with E-state index >= 15 is 0 Å². The van der Waals surface area contributed by atoms with Crippen LogP contribution in [0.4, 0.5) is 0 Å². The third-order valence-electron chi connectivity index (χ3n) is 1.56. The van der Waals surface area contributed by atoms with Crippen LogP contribution in [-0.2, 0) is 4.79 Å². The Morgan fingerprint density at radius 1 is 1.43 bits per heavy atom. The molecule has 0 bridgehead atoms. The predicted octanol–water partition coefficient (Wildman–Crippen LogP) is 0.522. The maximum Gasteiger partial charge on any atom is 0.230 e. The molecule has 5 heteroatoms. The number of aliphatic hydroxyl groups excluding tert-OH is 1. The van der Waals surface area contributed by atoms with Crippen molar-refractivity contribution in [3.63, 3.8) is 0 Å². The number of hydrogen-bond acceptors (Lipinski definition) is 4. The van der Waals surface area contributed by atoms with Crippen molar-refractivity contribution in [3.8, 4) is 6.07 Å². The van der Waals surface area contributed by atoms with Gasteiger partial charge in [0.15, 0.2) is 0 Å². The fraction of sp³-hybridized carbons (Fsp3) is 0.778. The number of nitriles is 1. The third kappa shape index (κ3) is 9.36. The number of nitrogens with one attached hydrogen (secondary N) is 1. The molecule has 0 saturated heterocycles. The summed E-state index contributed by atoms with van der Waals surface area (Å²) in [6.07, 6.45) is 2.62. The fourth-order valence-electron chi connectivity index (χ4n) is 0.882. The van der Waals surface area contributed by atoms with Gasteiger partial charge in [-0.05, 0) is 19.3 Å². The van der Waals surface area contributed by atoms with Crippen molar-refractivity contribution in [2.75, 3.05) is 24.7 Å². The Balaban J connectivity index is 3.15. The Bertz CT molecular complexity index is 192. The lowest BCUT2D eigenvalue weighted by Gasteiger charge is -2.03. The number of unbranched alkanes of at least 4 members (excludes halogenated alkanes) is 2. The first-order chi connectivity index (χ1) is 6.81. The number of carbonyl (C=O) groups excluding carboxylic acids is 1. The van der Waals surface area contributed by atoms with Crippen molar-refractivity contribution in [1.82, 2.24) is 5.32 Å². The van der Waals surface area contributed by atoms with Gasteiger partial charge in [-0.3, -0.25) is 4.79 Å². The Morgan fingerprint density at radius 3 is 2.86 bits per heavy atom. The van der Waals surface area contributed by atoms with Crippen molar-refractivity contribution < 1.29 is 9.90 Å². The molecule has 0 aliphatic rings. The van der Waals surface area contributed by atoms with Crippen LogP contribution >= 0.6 is 11.8 Å². The Kier molecular flexibility index (Phi) is 9.81. The number of rotatable bonds is 8. The van der Waals surface area contributed by atoms with Crippen molar-refractivity contribution in [3.05, 3.63) is 0 Å². The van der Waals surface area contributed by atoms with E-state index in [2.05, 4.69) is 5.32 Å². The topological polar surface area (TPSA) is 73.1 Å². The van der Waals surface area contributed by atoms with E-state index in [1.807, 2.05) is 6.07 Å². The molecule has 0 unspecified atom stereocenters. The second-order valence-electron chi connectivity index (χ2n) is 2.79. The van der Waals surface area contributed by atoms with Gasteiger partial charge >= 0.3 is 0 Å². The van der Waals surface area contributed by atoms with Gasteiger partial charge in [0.2, 0.25) is 5.91 Å². The van der Waals surface area contributed by atoms with Crippen molar-refractivity contribution in [1.29, 1.82) is 5.26 Å². The monoisotopic (exact) mass is 216 g/mol. The van der Waals surface area contributed by atoms with Crippen molar-refractivity contribution in [2.45, 2.75) is 19.3 Å². The molecular weight excluding hydrogens is 200 g/mol. The van der Waals surface area contributed by atoms with Crippen LogP contribution in [0.2, 0.25) is 0 Å². The molecular formula is C9H16N2O2S. The minimum atomic E-state index is -0.0192. The average Bonchev–Trinajstić information content (AvgIpc) is 2.18. The normalized spacial score (nSPS) is 9.43. The van der Waals surface area contributed by atoms with E-state index in [4.69, 9.17) is 10.4 Å². The number of amides is 1. The minimum Gasteiger partial charge on any atom is -0.396 e. The number of carbonyl (C=O) groups is 1. The highest BCUT2D eigenvalue weighted by atomic mass is 32.2. The summed E-state index contributed by atoms with van der Waals surface area (Å²) in [5.74, 6) is 0.695. The predicted molar refractivity (Wildman–Crippen MR) is 56.9 cm³/mol. The Morgan fingerprint density at radius 2 is 2.21 bits per heavy atom. The van der Waals surface area contributed by atoms with E-state index in [1.165, 1.54) is 11.8 Å². The summed E-state index contributed by atoms with van der Waals surface area (Å²) in [5, 5.41) is 19.5. The highest BCUT2D eigenvalue weighted by molar-refractivity contribution is 8.00. The highest BCUT2D eigenvalue weighted by Crippen LogP contribution is 1.97. The molecule has 0 rings (SSSR count). The van der Waals surface area contributed by atoms with Crippen LogP contribution in [0.25, 0.3) is 0 Å². The van der Waals surface area contributed by atoms with Gasteiger partial charge in [0.25, 0.3) is 0 Å². The molecule has 0 fully saturated rings. The number of nitrogens with zero attached hydrogens (tertiary/aromatic N) is 1. The van der Waals surface area contributed by atoms with Crippen LogP contribution in [0, 0.1) is 11.3 Å². The van der Waals surface area contributed by atoms with Gasteiger partial charge in [-0.1, -0.05) is 0 Å². The minimum absolute atomic E-state index is 0.0192. The summed E-state index contributed by atoms with van der Waals surface area (Å²) in [4.78, 5) is 11.1. The van der Waals surface area contributed by atoms with Crippen LogP contribution < -0.4 is 5.32 Å². The van der Waals surface area contributed by atoms with Gasteiger partial charge in [0.05, 0.1) is 17.6 Å². The number of hydrogen-bond donors (Lipinski definition) is 2. The zero-order valence-electron chi connectivity index (χ0n) is 8.16. The third-order valence-corrected chi connectivity index (χ3v) is 2.36. The van der Waals surface area contributed by atoms with Crippen LogP contribution in [0.1, 0.15) is 19.3 Å². The standard InChI is InChI=1S/C9H16N2O2S/c10-4-7-14-8-9(13)11-5-2-1-3-6-12/h12H,1-3,5-8H2,(H,11,13). The molecule has 80 valence electrons. The highest BCUT2D eigenvalue weighted by Gasteiger charge is 1.99. The van der Waals surface area contributed by atoms with Crippen molar-refractivity contribution in [2.24, 2.45) is 0 Å². The summed E-state index contributed by atoms with van der Waals surface area (Å²) in [6.45, 7) is 0.873. The van der Waals surface area contributed by atoms with Gasteiger partial charge in [0.1, 0.15) is 0 Å². The second kappa shape index (κ2) is 10.4. The molecule has 4 nitrogen and oxygen atoms in total. The second-order valence-corrected chi connectivity index (χ2v) is 3.77. The zero-order chi connectivity index (χ0) is 10.6. The molecule has 0 radical (unpaired) electrons. The van der Waals surface area contributed by atoms with E-state index in [1.54, 1.807) is 0 Å². The Labute approximate surface area is 88.7 Å². The van der Waals surface area contributed by atoms with E-state index in [-0.39, 0.29) is 12.5 Å². The van der Waals surface area contributed by atoms with Crippen LogP contribution in [0.15, 0.2) is 0 Å². The summed E-state index contributed by atoms with van der Waals surface area (Å²) < 4.78 is 0. The first kappa shape index (κ1) is 13.3. The molecule has 0 aliphatic heterocycles. The van der Waals surface area contributed by atoms with E-state index in [9.17, 15) is 4.79 Å². The number of aliphatic hydroxyl groups is 1. The lowest BCUT2D eigenvalue weighted by molar-refractivity contribution is -0.118. The van der Waals surface area contributed by atoms with Gasteiger partial charge in [0, 0.05) is 13.2 Å². The summed E-state index contributed by atoms with van der Waals surface area (Å²) in [5.41, 5.74) is 0. The van der Waals surface area contributed by atoms with Gasteiger partial charge < -0.3 is 10.4 Å². The largest absolute Gasteiger partial charge is 0.396 e. The summed E-state index contributed by atoms with van der Waals surface area (Å²) in [7, 11) is 0. The molecule has 0 aromatic rings. The SMILES string of the molecule is N#CCSCC(=O)NCCCCCO. The molecule has 0 aromatic carbocycles. The van der Waals surface area contributed by atoms with Crippen LogP contribution in [0.3, 0.4) is 0 Å². The zero-order valence-corrected chi connectivity index (χ0v) is 8.98. The van der Waals surface area contributed by atoms with Gasteiger partial charge in [-0.15, -0.1) is 11.8 Å². The first-order valence-corrected chi connectivity index (χ1v) is 5.79. The molecule has 0 aliphatic carbocycles. The lowest BCUT2D eigenvalue weighted by atomic mass is 10.2. The molecule has 0 heterocycles. The van der Waals surface area contributed by atoms with Crippen molar-refractivity contribution >= 4 is 17.7 Å². The van der Waals surface area contributed by atoms with Crippen LogP contribution in [0.5, 0.6) is 0 Å². The molecule has 0 aromatic heterocycles. The molecule has 14 heavy (non-hydrogen) atoms. The first-order valence-electron chi connectivity index (χ1n) is 4.63. The lowest BCUT2D eigenvalue weighted by Crippen LogP contribution is -2.26. The van der Waals surface area contributed by atoms with E-state index in [0.717, 1.165) is 19.3 Å². The summed E-state index contributed by atoms with van der Waals surface area (Å²) in [6, 6.07) is 1.96.